The molecule has 1 N–H and O–H groups in total. The topological polar surface area (TPSA) is 83.9 Å². The number of carbonyl (C=O) groups excluding carboxylic acids is 2. The first-order chi connectivity index (χ1) is 13.4. The second-order valence-electron chi connectivity index (χ2n) is 6.89. The molecule has 28 heavy (non-hydrogen) atoms. The van der Waals surface area contributed by atoms with Gasteiger partial charge in [-0.05, 0) is 60.7 Å². The molecule has 146 valence electrons. The van der Waals surface area contributed by atoms with Crippen molar-refractivity contribution in [2.45, 2.75) is 32.1 Å². The quantitative estimate of drug-likeness (QED) is 0.710. The lowest BCUT2D eigenvalue weighted by Crippen LogP contribution is -2.26. The minimum Gasteiger partial charge on any atom is -0.482 e. The van der Waals surface area contributed by atoms with E-state index in [4.69, 9.17) is 9.84 Å². The lowest BCUT2D eigenvalue weighted by molar-refractivity contribution is -0.139. The Morgan fingerprint density at radius 3 is 2.43 bits per heavy atom. The number of Topliss-reactive ketones (excluding diaryl/α,β-unsaturated/α-hetero) is 1. The van der Waals surface area contributed by atoms with E-state index in [9.17, 15) is 14.4 Å². The van der Waals surface area contributed by atoms with Crippen molar-refractivity contribution < 1.29 is 24.2 Å². The van der Waals surface area contributed by atoms with Crippen molar-refractivity contribution in [3.63, 3.8) is 0 Å². The number of ether oxygens (including phenoxy) is 1. The summed E-state index contributed by atoms with van der Waals surface area (Å²) in [7, 11) is 1.65. The zero-order valence-corrected chi connectivity index (χ0v) is 15.8. The van der Waals surface area contributed by atoms with Crippen LogP contribution in [0.2, 0.25) is 0 Å². The van der Waals surface area contributed by atoms with Crippen LogP contribution in [0.4, 0.5) is 5.69 Å². The first kappa shape index (κ1) is 19.6. The molecule has 3 rings (SSSR count). The Morgan fingerprint density at radius 1 is 1.00 bits per heavy atom. The van der Waals surface area contributed by atoms with Crippen molar-refractivity contribution in [3.8, 4) is 5.75 Å². The van der Waals surface area contributed by atoms with Gasteiger partial charge < -0.3 is 14.7 Å². The number of carbonyl (C=O) groups is 3. The van der Waals surface area contributed by atoms with Crippen LogP contribution in [0.25, 0.3) is 0 Å². The largest absolute Gasteiger partial charge is 0.482 e. The Kier molecular flexibility index (Phi) is 6.09. The Morgan fingerprint density at radius 2 is 1.71 bits per heavy atom. The monoisotopic (exact) mass is 381 g/mol. The van der Waals surface area contributed by atoms with Crippen molar-refractivity contribution in [1.29, 1.82) is 0 Å². The van der Waals surface area contributed by atoms with Crippen LogP contribution >= 0.6 is 0 Å². The van der Waals surface area contributed by atoms with Gasteiger partial charge in [-0.15, -0.1) is 0 Å². The summed E-state index contributed by atoms with van der Waals surface area (Å²) in [5.41, 5.74) is 3.90. The van der Waals surface area contributed by atoms with E-state index in [2.05, 4.69) is 0 Å². The molecule has 0 aliphatic heterocycles. The van der Waals surface area contributed by atoms with Gasteiger partial charge in [0.1, 0.15) is 5.75 Å². The van der Waals surface area contributed by atoms with Gasteiger partial charge in [-0.3, -0.25) is 9.59 Å². The highest BCUT2D eigenvalue weighted by Gasteiger charge is 2.17. The number of rotatable bonds is 8. The Hall–Kier alpha value is -3.15. The SMILES string of the molecule is CN(C(=O)CCC(=O)c1ccc2c(c1)CCC2)c1ccc(OCC(=O)O)cc1. The number of nitrogens with zero attached hydrogens (tertiary/aromatic N) is 1. The minimum atomic E-state index is -1.05. The number of hydrogen-bond donors (Lipinski definition) is 1. The van der Waals surface area contributed by atoms with Gasteiger partial charge in [-0.25, -0.2) is 4.79 Å². The number of anilines is 1. The molecule has 1 amide bonds. The van der Waals surface area contributed by atoms with Gasteiger partial charge in [0.05, 0.1) is 0 Å². The number of benzene rings is 2. The maximum atomic E-state index is 12.4. The van der Waals surface area contributed by atoms with Gasteiger partial charge in [0, 0.05) is 31.1 Å². The fourth-order valence-electron chi connectivity index (χ4n) is 3.33. The van der Waals surface area contributed by atoms with Gasteiger partial charge in [0.2, 0.25) is 5.91 Å². The highest BCUT2D eigenvalue weighted by atomic mass is 16.5. The number of carboxylic acid groups (broad SMARTS) is 1. The van der Waals surface area contributed by atoms with Crippen LogP contribution in [0.15, 0.2) is 42.5 Å². The predicted octanol–water partition coefficient (Wildman–Crippen LogP) is 3.26. The Labute approximate surface area is 163 Å². The van der Waals surface area contributed by atoms with E-state index in [1.807, 2.05) is 18.2 Å². The molecule has 0 unspecified atom stereocenters. The van der Waals surface area contributed by atoms with Crippen LogP contribution in [0, 0.1) is 0 Å². The molecule has 1 aliphatic carbocycles. The van der Waals surface area contributed by atoms with Gasteiger partial charge in [-0.2, -0.15) is 0 Å². The van der Waals surface area contributed by atoms with Crippen molar-refractivity contribution >= 4 is 23.3 Å². The van der Waals surface area contributed by atoms with E-state index in [0.717, 1.165) is 19.3 Å². The summed E-state index contributed by atoms with van der Waals surface area (Å²) in [5.74, 6) is -0.814. The van der Waals surface area contributed by atoms with Gasteiger partial charge in [0.25, 0.3) is 0 Å². The number of aliphatic carboxylic acids is 1. The average Bonchev–Trinajstić information content (AvgIpc) is 3.17. The summed E-state index contributed by atoms with van der Waals surface area (Å²) >= 11 is 0. The molecular formula is C22H23NO5. The molecule has 1 aliphatic rings. The first-order valence-corrected chi connectivity index (χ1v) is 9.30. The van der Waals surface area contributed by atoms with Crippen LogP contribution in [0.1, 0.15) is 40.7 Å². The molecule has 0 radical (unpaired) electrons. The van der Waals surface area contributed by atoms with Crippen molar-refractivity contribution in [2.75, 3.05) is 18.6 Å². The normalized spacial score (nSPS) is 12.3. The summed E-state index contributed by atoms with van der Waals surface area (Å²) in [6, 6.07) is 12.4. The van der Waals surface area contributed by atoms with Crippen LogP contribution in [0.3, 0.4) is 0 Å². The molecule has 0 atom stereocenters. The lowest BCUT2D eigenvalue weighted by atomic mass is 10.0. The van der Waals surface area contributed by atoms with Crippen molar-refractivity contribution in [1.82, 2.24) is 0 Å². The van der Waals surface area contributed by atoms with E-state index in [1.54, 1.807) is 31.3 Å². The smallest absolute Gasteiger partial charge is 0.341 e. The van der Waals surface area contributed by atoms with E-state index in [0.29, 0.717) is 17.0 Å². The minimum absolute atomic E-state index is 0.0196. The number of hydrogen-bond acceptors (Lipinski definition) is 4. The predicted molar refractivity (Wildman–Crippen MR) is 105 cm³/mol. The molecule has 0 spiro atoms. The van der Waals surface area contributed by atoms with Crippen LogP contribution in [0.5, 0.6) is 5.75 Å². The number of carboxylic acids is 1. The lowest BCUT2D eigenvalue weighted by Gasteiger charge is -2.17. The summed E-state index contributed by atoms with van der Waals surface area (Å²) in [4.78, 5) is 36.9. The molecule has 0 fully saturated rings. The maximum absolute atomic E-state index is 12.4. The standard InChI is InChI=1S/C22H23NO5/c1-23(18-7-9-19(10-8-18)28-14-22(26)27)21(25)12-11-20(24)17-6-5-15-3-2-4-16(15)13-17/h5-10,13H,2-4,11-12,14H2,1H3,(H,26,27). The third-order valence-corrected chi connectivity index (χ3v) is 4.95. The second-order valence-corrected chi connectivity index (χ2v) is 6.89. The third kappa shape index (κ3) is 4.76. The summed E-state index contributed by atoms with van der Waals surface area (Å²) in [6.45, 7) is -0.418. The molecular weight excluding hydrogens is 358 g/mol. The van der Waals surface area contributed by atoms with Crippen LogP contribution in [-0.4, -0.2) is 36.4 Å². The zero-order valence-electron chi connectivity index (χ0n) is 15.8. The summed E-state index contributed by atoms with van der Waals surface area (Å²) < 4.78 is 5.07. The number of fused-ring (bicyclic) bond motifs is 1. The summed E-state index contributed by atoms with van der Waals surface area (Å²) in [5, 5.41) is 8.62. The third-order valence-electron chi connectivity index (χ3n) is 4.95. The van der Waals surface area contributed by atoms with Crippen LogP contribution < -0.4 is 9.64 Å². The highest BCUT2D eigenvalue weighted by Crippen LogP contribution is 2.24. The molecule has 2 aromatic rings. The number of amides is 1. The van der Waals surface area contributed by atoms with E-state index in [-0.39, 0.29) is 24.5 Å². The molecule has 0 heterocycles. The molecule has 0 aromatic heterocycles. The zero-order chi connectivity index (χ0) is 20.1. The number of aryl methyl sites for hydroxylation is 2. The van der Waals surface area contributed by atoms with Gasteiger partial charge in [-0.1, -0.05) is 12.1 Å². The molecule has 0 saturated carbocycles. The summed E-state index contributed by atoms with van der Waals surface area (Å²) in [6.07, 6.45) is 3.53. The fraction of sp³-hybridized carbons (Fsp3) is 0.318. The van der Waals surface area contributed by atoms with Crippen molar-refractivity contribution in [2.24, 2.45) is 0 Å². The molecule has 6 heteroatoms. The molecule has 2 aromatic carbocycles. The highest BCUT2D eigenvalue weighted by molar-refractivity contribution is 6.00. The van der Waals surface area contributed by atoms with E-state index < -0.39 is 12.6 Å². The molecule has 6 nitrogen and oxygen atoms in total. The molecule has 0 saturated heterocycles. The van der Waals surface area contributed by atoms with Gasteiger partial charge in [0.15, 0.2) is 12.4 Å². The number of ketones is 1. The van der Waals surface area contributed by atoms with E-state index in [1.165, 1.54) is 16.0 Å². The van der Waals surface area contributed by atoms with Crippen molar-refractivity contribution in [3.05, 3.63) is 59.2 Å². The second kappa shape index (κ2) is 8.69. The maximum Gasteiger partial charge on any atom is 0.341 e. The van der Waals surface area contributed by atoms with E-state index >= 15 is 0 Å². The van der Waals surface area contributed by atoms with Gasteiger partial charge >= 0.3 is 5.97 Å². The van der Waals surface area contributed by atoms with Crippen LogP contribution in [-0.2, 0) is 22.4 Å². The Balaban J connectivity index is 1.53. The first-order valence-electron chi connectivity index (χ1n) is 9.30. The molecule has 0 bridgehead atoms. The Bertz CT molecular complexity index is 888. The average molecular weight is 381 g/mol. The fourth-order valence-corrected chi connectivity index (χ4v) is 3.33.